The highest BCUT2D eigenvalue weighted by Gasteiger charge is 2.33. The van der Waals surface area contributed by atoms with Crippen molar-refractivity contribution in [3.8, 4) is 0 Å². The van der Waals surface area contributed by atoms with Crippen molar-refractivity contribution in [3.05, 3.63) is 54.5 Å². The number of nitrogens with zero attached hydrogens (tertiary/aromatic N) is 2. The standard InChI is InChI=1S/C21H23N3S/c1-4-18(13-22-8-1)25-17-5-6-21-19(12-17)20(14-23-21)15-7-10-24-9-2-3-16(24)11-15/h1,4-6,8,12-16,23H,2-3,7,9-11H2. The second-order valence-corrected chi connectivity index (χ2v) is 8.44. The lowest BCUT2D eigenvalue weighted by Crippen LogP contribution is -2.37. The molecule has 2 unspecified atom stereocenters. The first-order valence-corrected chi connectivity index (χ1v) is 10.1. The van der Waals surface area contributed by atoms with Crippen LogP contribution in [0.2, 0.25) is 0 Å². The first-order valence-electron chi connectivity index (χ1n) is 9.30. The molecule has 2 atom stereocenters. The Morgan fingerprint density at radius 3 is 3.04 bits per heavy atom. The molecule has 5 rings (SSSR count). The SMILES string of the molecule is c1cncc(Sc2ccc3[nH]cc(C4CCN5CCCC5C4)c3c2)c1. The van der Waals surface area contributed by atoms with Gasteiger partial charge in [0.15, 0.2) is 0 Å². The molecule has 128 valence electrons. The molecule has 3 aromatic rings. The van der Waals surface area contributed by atoms with E-state index in [0.717, 1.165) is 6.04 Å². The maximum absolute atomic E-state index is 4.22. The van der Waals surface area contributed by atoms with Gasteiger partial charge in [0, 0.05) is 45.3 Å². The van der Waals surface area contributed by atoms with Gasteiger partial charge in [-0.1, -0.05) is 11.8 Å². The Bertz CT molecular complexity index is 873. The van der Waals surface area contributed by atoms with Gasteiger partial charge in [-0.25, -0.2) is 0 Å². The van der Waals surface area contributed by atoms with Crippen LogP contribution in [0.15, 0.2) is 58.7 Å². The van der Waals surface area contributed by atoms with Crippen molar-refractivity contribution in [3.63, 3.8) is 0 Å². The van der Waals surface area contributed by atoms with Crippen LogP contribution in [0.4, 0.5) is 0 Å². The fourth-order valence-electron chi connectivity index (χ4n) is 4.57. The molecule has 0 spiro atoms. The summed E-state index contributed by atoms with van der Waals surface area (Å²) < 4.78 is 0. The van der Waals surface area contributed by atoms with Crippen molar-refractivity contribution in [2.75, 3.05) is 13.1 Å². The molecule has 0 radical (unpaired) electrons. The number of aromatic nitrogens is 2. The molecule has 2 aromatic heterocycles. The van der Waals surface area contributed by atoms with Crippen LogP contribution in [0.3, 0.4) is 0 Å². The minimum atomic E-state index is 0.701. The number of fused-ring (bicyclic) bond motifs is 2. The molecule has 2 fully saturated rings. The third-order valence-electron chi connectivity index (χ3n) is 5.82. The van der Waals surface area contributed by atoms with Crippen LogP contribution in [0.1, 0.15) is 37.2 Å². The highest BCUT2D eigenvalue weighted by Crippen LogP contribution is 2.40. The Labute approximate surface area is 152 Å². The van der Waals surface area contributed by atoms with Gasteiger partial charge in [-0.05, 0) is 80.6 Å². The summed E-state index contributed by atoms with van der Waals surface area (Å²) in [4.78, 5) is 12.9. The van der Waals surface area contributed by atoms with E-state index in [1.807, 2.05) is 18.5 Å². The van der Waals surface area contributed by atoms with Crippen molar-refractivity contribution in [2.45, 2.75) is 47.4 Å². The van der Waals surface area contributed by atoms with Gasteiger partial charge >= 0.3 is 0 Å². The van der Waals surface area contributed by atoms with Crippen LogP contribution < -0.4 is 0 Å². The average molecular weight is 350 g/mol. The molecule has 2 saturated heterocycles. The Hall–Kier alpha value is -1.78. The fraction of sp³-hybridized carbons (Fsp3) is 0.381. The fourth-order valence-corrected chi connectivity index (χ4v) is 5.42. The molecular weight excluding hydrogens is 326 g/mol. The minimum Gasteiger partial charge on any atom is -0.361 e. The van der Waals surface area contributed by atoms with Crippen molar-refractivity contribution in [1.82, 2.24) is 14.9 Å². The van der Waals surface area contributed by atoms with Gasteiger partial charge in [-0.3, -0.25) is 4.98 Å². The Morgan fingerprint density at radius 1 is 1.12 bits per heavy atom. The van der Waals surface area contributed by atoms with E-state index in [4.69, 9.17) is 0 Å². The molecule has 0 saturated carbocycles. The van der Waals surface area contributed by atoms with Gasteiger partial charge < -0.3 is 9.88 Å². The van der Waals surface area contributed by atoms with Crippen LogP contribution >= 0.6 is 11.8 Å². The van der Waals surface area contributed by atoms with Crippen molar-refractivity contribution in [2.24, 2.45) is 0 Å². The number of piperidine rings is 1. The van der Waals surface area contributed by atoms with E-state index in [9.17, 15) is 0 Å². The zero-order valence-corrected chi connectivity index (χ0v) is 15.1. The van der Waals surface area contributed by atoms with Crippen LogP contribution in [-0.2, 0) is 0 Å². The number of rotatable bonds is 3. The number of H-pyrrole nitrogens is 1. The molecule has 1 aromatic carbocycles. The van der Waals surface area contributed by atoms with Crippen LogP contribution in [0.5, 0.6) is 0 Å². The van der Waals surface area contributed by atoms with E-state index < -0.39 is 0 Å². The maximum Gasteiger partial charge on any atom is 0.0457 e. The second kappa shape index (κ2) is 6.50. The summed E-state index contributed by atoms with van der Waals surface area (Å²) in [5.74, 6) is 0.701. The molecule has 4 heteroatoms. The average Bonchev–Trinajstić information content (AvgIpc) is 3.28. The molecule has 3 nitrogen and oxygen atoms in total. The smallest absolute Gasteiger partial charge is 0.0457 e. The quantitative estimate of drug-likeness (QED) is 0.717. The lowest BCUT2D eigenvalue weighted by Gasteiger charge is -2.34. The van der Waals surface area contributed by atoms with E-state index in [1.54, 1.807) is 11.8 Å². The van der Waals surface area contributed by atoms with Crippen LogP contribution in [0, 0.1) is 0 Å². The zero-order chi connectivity index (χ0) is 16.6. The Balaban J connectivity index is 1.44. The van der Waals surface area contributed by atoms with Crippen LogP contribution in [-0.4, -0.2) is 34.0 Å². The van der Waals surface area contributed by atoms with E-state index in [0.29, 0.717) is 5.92 Å². The third-order valence-corrected chi connectivity index (χ3v) is 6.78. The highest BCUT2D eigenvalue weighted by atomic mass is 32.2. The van der Waals surface area contributed by atoms with Gasteiger partial charge in [0.1, 0.15) is 0 Å². The van der Waals surface area contributed by atoms with Crippen molar-refractivity contribution >= 4 is 22.7 Å². The molecule has 25 heavy (non-hydrogen) atoms. The number of pyridine rings is 1. The van der Waals surface area contributed by atoms with Gasteiger partial charge in [0.05, 0.1) is 0 Å². The predicted octanol–water partition coefficient (Wildman–Crippen LogP) is 5.06. The van der Waals surface area contributed by atoms with Crippen LogP contribution in [0.25, 0.3) is 10.9 Å². The maximum atomic E-state index is 4.22. The molecule has 2 aliphatic heterocycles. The van der Waals surface area contributed by atoms with E-state index in [2.05, 4.69) is 45.3 Å². The first kappa shape index (κ1) is 15.5. The van der Waals surface area contributed by atoms with E-state index >= 15 is 0 Å². The summed E-state index contributed by atoms with van der Waals surface area (Å²) in [5.41, 5.74) is 2.79. The number of benzene rings is 1. The molecule has 1 N–H and O–H groups in total. The zero-order valence-electron chi connectivity index (χ0n) is 14.3. The van der Waals surface area contributed by atoms with Crippen molar-refractivity contribution in [1.29, 1.82) is 0 Å². The molecule has 0 aliphatic carbocycles. The third kappa shape index (κ3) is 2.98. The number of aromatic amines is 1. The van der Waals surface area contributed by atoms with Gasteiger partial charge in [0.2, 0.25) is 0 Å². The Kier molecular flexibility index (Phi) is 4.03. The summed E-state index contributed by atoms with van der Waals surface area (Å²) in [5, 5.41) is 1.41. The van der Waals surface area contributed by atoms with E-state index in [-0.39, 0.29) is 0 Å². The lowest BCUT2D eigenvalue weighted by atomic mass is 9.85. The predicted molar refractivity (Wildman–Crippen MR) is 103 cm³/mol. The molecular formula is C21H23N3S. The summed E-state index contributed by atoms with van der Waals surface area (Å²) in [6, 6.07) is 11.7. The molecule has 2 aliphatic rings. The number of nitrogens with one attached hydrogen (secondary N) is 1. The van der Waals surface area contributed by atoms with Crippen molar-refractivity contribution < 1.29 is 0 Å². The molecule has 0 bridgehead atoms. The van der Waals surface area contributed by atoms with Gasteiger partial charge in [0.25, 0.3) is 0 Å². The Morgan fingerprint density at radius 2 is 2.12 bits per heavy atom. The summed E-state index contributed by atoms with van der Waals surface area (Å²) in [6.45, 7) is 2.59. The minimum absolute atomic E-state index is 0.701. The number of hydrogen-bond donors (Lipinski definition) is 1. The topological polar surface area (TPSA) is 31.9 Å². The normalized spacial score (nSPS) is 23.8. The summed E-state index contributed by atoms with van der Waals surface area (Å²) in [6.07, 6.45) is 11.4. The highest BCUT2D eigenvalue weighted by molar-refractivity contribution is 7.99. The monoisotopic (exact) mass is 349 g/mol. The number of hydrogen-bond acceptors (Lipinski definition) is 3. The summed E-state index contributed by atoms with van der Waals surface area (Å²) in [7, 11) is 0. The second-order valence-electron chi connectivity index (χ2n) is 7.30. The van der Waals surface area contributed by atoms with Gasteiger partial charge in [-0.15, -0.1) is 0 Å². The molecule has 0 amide bonds. The molecule has 4 heterocycles. The lowest BCUT2D eigenvalue weighted by molar-refractivity contribution is 0.181. The van der Waals surface area contributed by atoms with E-state index in [1.165, 1.54) is 65.0 Å². The van der Waals surface area contributed by atoms with Gasteiger partial charge in [-0.2, -0.15) is 0 Å². The largest absolute Gasteiger partial charge is 0.361 e. The first-order chi connectivity index (χ1) is 12.4. The summed E-state index contributed by atoms with van der Waals surface area (Å²) >= 11 is 1.79.